The molecule has 5 heteroatoms. The van der Waals surface area contributed by atoms with Crippen LogP contribution in [0, 0.1) is 0 Å². The summed E-state index contributed by atoms with van der Waals surface area (Å²) in [6.07, 6.45) is 4.41. The number of anilines is 1. The summed E-state index contributed by atoms with van der Waals surface area (Å²) in [5, 5.41) is 11.4. The third-order valence-electron chi connectivity index (χ3n) is 2.33. The maximum absolute atomic E-state index is 5.41. The van der Waals surface area contributed by atoms with Crippen molar-refractivity contribution in [2.24, 2.45) is 5.73 Å². The van der Waals surface area contributed by atoms with Gasteiger partial charge in [0, 0.05) is 24.5 Å². The van der Waals surface area contributed by atoms with E-state index in [-0.39, 0.29) is 0 Å². The lowest BCUT2D eigenvalue weighted by Crippen LogP contribution is -2.09. The fourth-order valence-electron chi connectivity index (χ4n) is 1.42. The van der Waals surface area contributed by atoms with Gasteiger partial charge in [-0.15, -0.1) is 10.2 Å². The molecule has 2 aromatic rings. The normalized spacial score (nSPS) is 10.2. The minimum atomic E-state index is 0.676. The molecule has 0 spiro atoms. The first-order valence-corrected chi connectivity index (χ1v) is 5.58. The minimum Gasteiger partial charge on any atom is -0.369 e. The quantitative estimate of drug-likeness (QED) is 0.756. The predicted octanol–water partition coefficient (Wildman–Crippen LogP) is 1.30. The van der Waals surface area contributed by atoms with Gasteiger partial charge in [0.25, 0.3) is 0 Å². The standard InChI is InChI=1S/C12H15N5/c13-6-1-7-15-12-3-2-11(16-17-12)10-4-8-14-9-5-10/h2-5,8-9H,1,6-7,13H2,(H,15,17). The Kier molecular flexibility index (Phi) is 3.99. The van der Waals surface area contributed by atoms with E-state index in [1.54, 1.807) is 12.4 Å². The Balaban J connectivity index is 2.03. The number of hydrogen-bond donors (Lipinski definition) is 2. The van der Waals surface area contributed by atoms with Crippen LogP contribution in [0.15, 0.2) is 36.7 Å². The summed E-state index contributed by atoms with van der Waals surface area (Å²) in [5.74, 6) is 0.774. The van der Waals surface area contributed by atoms with Crippen molar-refractivity contribution in [3.05, 3.63) is 36.7 Å². The Labute approximate surface area is 100 Å². The van der Waals surface area contributed by atoms with Crippen LogP contribution in [0.2, 0.25) is 0 Å². The SMILES string of the molecule is NCCCNc1ccc(-c2ccncc2)nn1. The van der Waals surface area contributed by atoms with Gasteiger partial charge in [-0.1, -0.05) is 0 Å². The van der Waals surface area contributed by atoms with E-state index in [1.807, 2.05) is 24.3 Å². The van der Waals surface area contributed by atoms with Gasteiger partial charge in [-0.25, -0.2) is 0 Å². The molecule has 0 aliphatic carbocycles. The lowest BCUT2D eigenvalue weighted by atomic mass is 10.2. The summed E-state index contributed by atoms with van der Waals surface area (Å²) in [7, 11) is 0. The van der Waals surface area contributed by atoms with Crippen LogP contribution in [0.25, 0.3) is 11.3 Å². The van der Waals surface area contributed by atoms with Gasteiger partial charge >= 0.3 is 0 Å². The molecule has 0 saturated carbocycles. The Bertz CT molecular complexity index is 440. The van der Waals surface area contributed by atoms with Crippen LogP contribution in [0.3, 0.4) is 0 Å². The minimum absolute atomic E-state index is 0.676. The van der Waals surface area contributed by atoms with Gasteiger partial charge in [0.05, 0.1) is 5.69 Å². The van der Waals surface area contributed by atoms with Crippen LogP contribution in [0.1, 0.15) is 6.42 Å². The Hall–Kier alpha value is -2.01. The fraction of sp³-hybridized carbons (Fsp3) is 0.250. The highest BCUT2D eigenvalue weighted by Gasteiger charge is 1.99. The first-order chi connectivity index (χ1) is 8.40. The monoisotopic (exact) mass is 229 g/mol. The molecule has 0 unspecified atom stereocenters. The number of nitrogens with one attached hydrogen (secondary N) is 1. The third kappa shape index (κ3) is 3.22. The molecule has 17 heavy (non-hydrogen) atoms. The molecular weight excluding hydrogens is 214 g/mol. The molecule has 2 rings (SSSR count). The summed E-state index contributed by atoms with van der Waals surface area (Å²) in [5.41, 5.74) is 7.27. The van der Waals surface area contributed by atoms with E-state index in [0.717, 1.165) is 30.0 Å². The van der Waals surface area contributed by atoms with Crippen LogP contribution >= 0.6 is 0 Å². The zero-order valence-electron chi connectivity index (χ0n) is 9.50. The molecule has 5 nitrogen and oxygen atoms in total. The summed E-state index contributed by atoms with van der Waals surface area (Å²) < 4.78 is 0. The second kappa shape index (κ2) is 5.91. The molecule has 0 radical (unpaired) electrons. The highest BCUT2D eigenvalue weighted by Crippen LogP contribution is 2.15. The first-order valence-electron chi connectivity index (χ1n) is 5.58. The fourth-order valence-corrected chi connectivity index (χ4v) is 1.42. The average molecular weight is 229 g/mol. The highest BCUT2D eigenvalue weighted by atomic mass is 15.2. The van der Waals surface area contributed by atoms with Gasteiger partial charge in [0.1, 0.15) is 5.82 Å². The molecule has 3 N–H and O–H groups in total. The van der Waals surface area contributed by atoms with Crippen LogP contribution in [0.5, 0.6) is 0 Å². The summed E-state index contributed by atoms with van der Waals surface area (Å²) in [4.78, 5) is 3.97. The topological polar surface area (TPSA) is 76.7 Å². The van der Waals surface area contributed by atoms with Crippen molar-refractivity contribution in [1.82, 2.24) is 15.2 Å². The first kappa shape index (κ1) is 11.5. The number of nitrogens with zero attached hydrogens (tertiary/aromatic N) is 3. The summed E-state index contributed by atoms with van der Waals surface area (Å²) >= 11 is 0. The maximum Gasteiger partial charge on any atom is 0.148 e. The van der Waals surface area contributed by atoms with Gasteiger partial charge < -0.3 is 11.1 Å². The Morgan fingerprint density at radius 3 is 2.53 bits per heavy atom. The Morgan fingerprint density at radius 2 is 1.88 bits per heavy atom. The van der Waals surface area contributed by atoms with Crippen molar-refractivity contribution in [3.63, 3.8) is 0 Å². The van der Waals surface area contributed by atoms with Gasteiger partial charge in [-0.2, -0.15) is 0 Å². The van der Waals surface area contributed by atoms with Crippen molar-refractivity contribution in [2.45, 2.75) is 6.42 Å². The van der Waals surface area contributed by atoms with E-state index in [2.05, 4.69) is 20.5 Å². The lowest BCUT2D eigenvalue weighted by molar-refractivity contribution is 0.864. The lowest BCUT2D eigenvalue weighted by Gasteiger charge is -2.04. The molecule has 0 saturated heterocycles. The summed E-state index contributed by atoms with van der Waals surface area (Å²) in [6.45, 7) is 1.50. The molecule has 0 aliphatic rings. The zero-order chi connectivity index (χ0) is 11.9. The van der Waals surface area contributed by atoms with E-state index >= 15 is 0 Å². The van der Waals surface area contributed by atoms with E-state index < -0.39 is 0 Å². The molecule has 2 heterocycles. The van der Waals surface area contributed by atoms with E-state index in [9.17, 15) is 0 Å². The predicted molar refractivity (Wildman–Crippen MR) is 67.4 cm³/mol. The number of nitrogens with two attached hydrogens (primary N) is 1. The number of rotatable bonds is 5. The van der Waals surface area contributed by atoms with Crippen LogP contribution in [0.4, 0.5) is 5.82 Å². The molecule has 88 valence electrons. The molecule has 0 amide bonds. The van der Waals surface area contributed by atoms with Crippen LogP contribution in [-0.2, 0) is 0 Å². The van der Waals surface area contributed by atoms with Gasteiger partial charge in [-0.05, 0) is 37.2 Å². The molecule has 2 aromatic heterocycles. The number of pyridine rings is 1. The maximum atomic E-state index is 5.41. The van der Waals surface area contributed by atoms with Gasteiger partial charge in [-0.3, -0.25) is 4.98 Å². The molecule has 0 fully saturated rings. The highest BCUT2D eigenvalue weighted by molar-refractivity contribution is 5.58. The smallest absolute Gasteiger partial charge is 0.148 e. The second-order valence-corrected chi connectivity index (χ2v) is 3.61. The zero-order valence-corrected chi connectivity index (χ0v) is 9.50. The Morgan fingerprint density at radius 1 is 1.06 bits per heavy atom. The molecule has 0 bridgehead atoms. The van der Waals surface area contributed by atoms with Crippen molar-refractivity contribution in [1.29, 1.82) is 0 Å². The van der Waals surface area contributed by atoms with E-state index in [4.69, 9.17) is 5.73 Å². The molecule has 0 aromatic carbocycles. The third-order valence-corrected chi connectivity index (χ3v) is 2.33. The van der Waals surface area contributed by atoms with Crippen LogP contribution in [-0.4, -0.2) is 28.3 Å². The second-order valence-electron chi connectivity index (χ2n) is 3.61. The van der Waals surface area contributed by atoms with Gasteiger partial charge in [0.15, 0.2) is 0 Å². The van der Waals surface area contributed by atoms with Crippen molar-refractivity contribution < 1.29 is 0 Å². The van der Waals surface area contributed by atoms with Gasteiger partial charge in [0.2, 0.25) is 0 Å². The molecule has 0 atom stereocenters. The summed E-state index contributed by atoms with van der Waals surface area (Å²) in [6, 6.07) is 7.67. The van der Waals surface area contributed by atoms with E-state index in [0.29, 0.717) is 6.54 Å². The average Bonchev–Trinajstić information content (AvgIpc) is 2.41. The largest absolute Gasteiger partial charge is 0.369 e. The number of hydrogen-bond acceptors (Lipinski definition) is 5. The van der Waals surface area contributed by atoms with E-state index in [1.165, 1.54) is 0 Å². The van der Waals surface area contributed by atoms with Crippen molar-refractivity contribution in [2.75, 3.05) is 18.4 Å². The van der Waals surface area contributed by atoms with Crippen molar-refractivity contribution >= 4 is 5.82 Å². The van der Waals surface area contributed by atoms with Crippen LogP contribution < -0.4 is 11.1 Å². The van der Waals surface area contributed by atoms with Crippen molar-refractivity contribution in [3.8, 4) is 11.3 Å². The molecular formula is C12H15N5. The molecule has 0 aliphatic heterocycles. The number of aromatic nitrogens is 3.